The van der Waals surface area contributed by atoms with Crippen molar-refractivity contribution in [1.82, 2.24) is 15.1 Å². The SMILES string of the molecule is NC1COCC1c1nc(-c2ccc(Cl)cn2)no1. The lowest BCUT2D eigenvalue weighted by Crippen LogP contribution is -2.26. The van der Waals surface area contributed by atoms with Crippen LogP contribution in [0.2, 0.25) is 5.02 Å². The van der Waals surface area contributed by atoms with E-state index in [1.807, 2.05) is 0 Å². The first-order valence-corrected chi connectivity index (χ1v) is 5.90. The highest BCUT2D eigenvalue weighted by molar-refractivity contribution is 6.30. The van der Waals surface area contributed by atoms with E-state index < -0.39 is 0 Å². The second-order valence-electron chi connectivity index (χ2n) is 4.13. The molecule has 94 valence electrons. The Balaban J connectivity index is 1.87. The van der Waals surface area contributed by atoms with E-state index in [4.69, 9.17) is 26.6 Å². The monoisotopic (exact) mass is 266 g/mol. The van der Waals surface area contributed by atoms with Gasteiger partial charge in [-0.1, -0.05) is 16.8 Å². The fourth-order valence-corrected chi connectivity index (χ4v) is 1.93. The summed E-state index contributed by atoms with van der Waals surface area (Å²) in [7, 11) is 0. The third-order valence-electron chi connectivity index (χ3n) is 2.84. The van der Waals surface area contributed by atoms with E-state index in [1.165, 1.54) is 6.20 Å². The van der Waals surface area contributed by atoms with Gasteiger partial charge < -0.3 is 15.0 Å². The van der Waals surface area contributed by atoms with Crippen LogP contribution in [0.3, 0.4) is 0 Å². The fourth-order valence-electron chi connectivity index (χ4n) is 1.82. The van der Waals surface area contributed by atoms with Gasteiger partial charge in [0.25, 0.3) is 0 Å². The Kier molecular flexibility index (Phi) is 2.99. The summed E-state index contributed by atoms with van der Waals surface area (Å²) in [6.07, 6.45) is 1.54. The van der Waals surface area contributed by atoms with Gasteiger partial charge in [0.05, 0.1) is 24.2 Å². The molecule has 7 heteroatoms. The largest absolute Gasteiger partial charge is 0.379 e. The minimum atomic E-state index is -0.100. The highest BCUT2D eigenvalue weighted by atomic mass is 35.5. The number of nitrogens with zero attached hydrogens (tertiary/aromatic N) is 3. The maximum Gasteiger partial charge on any atom is 0.234 e. The van der Waals surface area contributed by atoms with E-state index in [0.717, 1.165) is 0 Å². The molecular weight excluding hydrogens is 256 g/mol. The van der Waals surface area contributed by atoms with E-state index in [-0.39, 0.29) is 12.0 Å². The van der Waals surface area contributed by atoms with Gasteiger partial charge in [-0.25, -0.2) is 0 Å². The molecule has 3 heterocycles. The molecule has 2 aromatic rings. The van der Waals surface area contributed by atoms with Gasteiger partial charge in [-0.15, -0.1) is 0 Å². The Morgan fingerprint density at radius 1 is 1.33 bits per heavy atom. The molecular formula is C11H11ClN4O2. The van der Waals surface area contributed by atoms with Crippen molar-refractivity contribution < 1.29 is 9.26 Å². The van der Waals surface area contributed by atoms with Gasteiger partial charge in [0.1, 0.15) is 5.69 Å². The number of pyridine rings is 1. The van der Waals surface area contributed by atoms with Crippen LogP contribution in [0.15, 0.2) is 22.9 Å². The quantitative estimate of drug-likeness (QED) is 0.880. The lowest BCUT2D eigenvalue weighted by Gasteiger charge is -2.06. The summed E-state index contributed by atoms with van der Waals surface area (Å²) >= 11 is 5.77. The number of hydrogen-bond donors (Lipinski definition) is 1. The maximum absolute atomic E-state index is 5.89. The van der Waals surface area contributed by atoms with Crippen molar-refractivity contribution in [3.63, 3.8) is 0 Å². The first-order chi connectivity index (χ1) is 8.74. The zero-order valence-corrected chi connectivity index (χ0v) is 10.2. The van der Waals surface area contributed by atoms with Crippen LogP contribution in [0.5, 0.6) is 0 Å². The summed E-state index contributed by atoms with van der Waals surface area (Å²) in [5.74, 6) is 0.881. The van der Waals surface area contributed by atoms with Crippen LogP contribution in [0.25, 0.3) is 11.5 Å². The van der Waals surface area contributed by atoms with Crippen LogP contribution < -0.4 is 5.73 Å². The second-order valence-corrected chi connectivity index (χ2v) is 4.56. The molecule has 0 amide bonds. The smallest absolute Gasteiger partial charge is 0.234 e. The number of halogens is 1. The topological polar surface area (TPSA) is 87.1 Å². The lowest BCUT2D eigenvalue weighted by atomic mass is 10.1. The molecule has 2 aromatic heterocycles. The van der Waals surface area contributed by atoms with Crippen molar-refractivity contribution in [3.05, 3.63) is 29.2 Å². The molecule has 0 radical (unpaired) electrons. The van der Waals surface area contributed by atoms with Crippen LogP contribution >= 0.6 is 11.6 Å². The molecule has 3 rings (SSSR count). The van der Waals surface area contributed by atoms with Crippen molar-refractivity contribution in [2.45, 2.75) is 12.0 Å². The van der Waals surface area contributed by atoms with Gasteiger partial charge >= 0.3 is 0 Å². The van der Waals surface area contributed by atoms with Crippen molar-refractivity contribution >= 4 is 11.6 Å². The summed E-state index contributed by atoms with van der Waals surface area (Å²) in [4.78, 5) is 8.43. The zero-order chi connectivity index (χ0) is 12.5. The van der Waals surface area contributed by atoms with Gasteiger partial charge in [-0.3, -0.25) is 4.98 Å². The summed E-state index contributed by atoms with van der Waals surface area (Å²) in [6, 6.07) is 3.36. The van der Waals surface area contributed by atoms with Crippen LogP contribution in [-0.4, -0.2) is 34.4 Å². The second kappa shape index (κ2) is 4.64. The van der Waals surface area contributed by atoms with Crippen molar-refractivity contribution in [2.24, 2.45) is 5.73 Å². The van der Waals surface area contributed by atoms with E-state index >= 15 is 0 Å². The Bertz CT molecular complexity index is 542. The summed E-state index contributed by atoms with van der Waals surface area (Å²) in [5.41, 5.74) is 6.51. The molecule has 2 N–H and O–H groups in total. The molecule has 2 atom stereocenters. The molecule has 0 saturated carbocycles. The molecule has 2 unspecified atom stereocenters. The molecule has 0 spiro atoms. The molecule has 0 bridgehead atoms. The molecule has 0 aromatic carbocycles. The van der Waals surface area contributed by atoms with Crippen LogP contribution in [0.4, 0.5) is 0 Å². The Labute approximate surface area is 108 Å². The molecule has 1 fully saturated rings. The molecule has 1 aliphatic rings. The molecule has 1 saturated heterocycles. The number of nitrogens with two attached hydrogens (primary N) is 1. The standard InChI is InChI=1S/C11H11ClN4O2/c12-6-1-2-9(14-3-6)10-15-11(18-16-10)7-4-17-5-8(7)13/h1-3,7-8H,4-5,13H2. The van der Waals surface area contributed by atoms with Crippen molar-refractivity contribution in [1.29, 1.82) is 0 Å². The van der Waals surface area contributed by atoms with E-state index in [9.17, 15) is 0 Å². The summed E-state index contributed by atoms with van der Waals surface area (Å²) < 4.78 is 10.5. The highest BCUT2D eigenvalue weighted by Crippen LogP contribution is 2.25. The highest BCUT2D eigenvalue weighted by Gasteiger charge is 2.31. The average Bonchev–Trinajstić information content (AvgIpc) is 2.98. The summed E-state index contributed by atoms with van der Waals surface area (Å²) in [6.45, 7) is 1.03. The number of rotatable bonds is 2. The Hall–Kier alpha value is -1.50. The molecule has 0 aliphatic carbocycles. The Morgan fingerprint density at radius 2 is 2.22 bits per heavy atom. The maximum atomic E-state index is 5.89. The first-order valence-electron chi connectivity index (χ1n) is 5.53. The minimum Gasteiger partial charge on any atom is -0.379 e. The van der Waals surface area contributed by atoms with E-state index in [2.05, 4.69) is 15.1 Å². The first kappa shape index (κ1) is 11.6. The third-order valence-corrected chi connectivity index (χ3v) is 3.06. The van der Waals surface area contributed by atoms with Gasteiger partial charge in [-0.2, -0.15) is 4.98 Å². The van der Waals surface area contributed by atoms with Crippen molar-refractivity contribution in [3.8, 4) is 11.5 Å². The normalized spacial score (nSPS) is 23.4. The molecule has 6 nitrogen and oxygen atoms in total. The number of aromatic nitrogens is 3. The lowest BCUT2D eigenvalue weighted by molar-refractivity contribution is 0.187. The predicted molar refractivity (Wildman–Crippen MR) is 64.1 cm³/mol. The van der Waals surface area contributed by atoms with Gasteiger partial charge in [0, 0.05) is 12.2 Å². The number of hydrogen-bond acceptors (Lipinski definition) is 6. The predicted octanol–water partition coefficient (Wildman–Crippen LogP) is 1.23. The molecule has 18 heavy (non-hydrogen) atoms. The van der Waals surface area contributed by atoms with E-state index in [1.54, 1.807) is 12.1 Å². The van der Waals surface area contributed by atoms with Gasteiger partial charge in [-0.05, 0) is 12.1 Å². The van der Waals surface area contributed by atoms with Crippen molar-refractivity contribution in [2.75, 3.05) is 13.2 Å². The third kappa shape index (κ3) is 2.10. The summed E-state index contributed by atoms with van der Waals surface area (Å²) in [5, 5.41) is 4.46. The van der Waals surface area contributed by atoms with Crippen LogP contribution in [0, 0.1) is 0 Å². The number of ether oxygens (including phenoxy) is 1. The zero-order valence-electron chi connectivity index (χ0n) is 9.41. The Morgan fingerprint density at radius 3 is 2.89 bits per heavy atom. The van der Waals surface area contributed by atoms with Crippen LogP contribution in [-0.2, 0) is 4.74 Å². The molecule has 1 aliphatic heterocycles. The van der Waals surface area contributed by atoms with E-state index in [0.29, 0.717) is 35.6 Å². The average molecular weight is 267 g/mol. The van der Waals surface area contributed by atoms with Gasteiger partial charge in [0.15, 0.2) is 0 Å². The van der Waals surface area contributed by atoms with Gasteiger partial charge in [0.2, 0.25) is 11.7 Å². The fraction of sp³-hybridized carbons (Fsp3) is 0.364. The van der Waals surface area contributed by atoms with Crippen LogP contribution in [0.1, 0.15) is 11.8 Å². The minimum absolute atomic E-state index is 0.0430.